The predicted molar refractivity (Wildman–Crippen MR) is 77.8 cm³/mol. The van der Waals surface area contributed by atoms with Crippen molar-refractivity contribution in [3.63, 3.8) is 0 Å². The largest absolute Gasteiger partial charge is 0.452 e. The van der Waals surface area contributed by atoms with E-state index in [2.05, 4.69) is 10.3 Å². The Morgan fingerprint density at radius 3 is 3.00 bits per heavy atom. The zero-order valence-electron chi connectivity index (χ0n) is 11.4. The van der Waals surface area contributed by atoms with Crippen LogP contribution < -0.4 is 5.32 Å². The topological polar surface area (TPSA) is 68.3 Å². The molecular weight excluding hydrogens is 276 g/mol. The molecule has 1 heterocycles. The standard InChI is InChI=1S/C14H16N2O3S/c1-3-9(2)16-13(17)7-19-14(18)10-4-5-11-12(6-10)20-8-15-11/h4-6,8-9H,3,7H2,1-2H3,(H,16,17)/t9-/m0/s1. The molecule has 1 N–H and O–H groups in total. The summed E-state index contributed by atoms with van der Waals surface area (Å²) in [6.07, 6.45) is 0.835. The van der Waals surface area contributed by atoms with Crippen molar-refractivity contribution in [3.05, 3.63) is 29.3 Å². The third-order valence-electron chi connectivity index (χ3n) is 2.92. The Morgan fingerprint density at radius 1 is 1.45 bits per heavy atom. The molecule has 0 aliphatic heterocycles. The molecule has 20 heavy (non-hydrogen) atoms. The van der Waals surface area contributed by atoms with E-state index in [1.54, 1.807) is 23.7 Å². The summed E-state index contributed by atoms with van der Waals surface area (Å²) in [6, 6.07) is 5.22. The molecule has 2 aromatic rings. The van der Waals surface area contributed by atoms with Gasteiger partial charge < -0.3 is 10.1 Å². The van der Waals surface area contributed by atoms with Crippen molar-refractivity contribution in [1.29, 1.82) is 0 Å². The number of hydrogen-bond donors (Lipinski definition) is 1. The van der Waals surface area contributed by atoms with Crippen molar-refractivity contribution in [2.75, 3.05) is 6.61 Å². The van der Waals surface area contributed by atoms with Gasteiger partial charge in [-0.25, -0.2) is 9.78 Å². The van der Waals surface area contributed by atoms with Gasteiger partial charge in [-0.15, -0.1) is 11.3 Å². The SMILES string of the molecule is CC[C@H](C)NC(=O)COC(=O)c1ccc2ncsc2c1. The molecule has 1 aromatic heterocycles. The maximum Gasteiger partial charge on any atom is 0.338 e. The Morgan fingerprint density at radius 2 is 2.25 bits per heavy atom. The van der Waals surface area contributed by atoms with E-state index in [4.69, 9.17) is 4.74 Å². The number of carbonyl (C=O) groups is 2. The second-order valence-corrected chi connectivity index (χ2v) is 5.37. The quantitative estimate of drug-likeness (QED) is 0.859. The van der Waals surface area contributed by atoms with Gasteiger partial charge in [0.1, 0.15) is 0 Å². The molecule has 5 nitrogen and oxygen atoms in total. The Labute approximate surface area is 121 Å². The van der Waals surface area contributed by atoms with E-state index in [0.717, 1.165) is 16.6 Å². The fourth-order valence-corrected chi connectivity index (χ4v) is 2.33. The third-order valence-corrected chi connectivity index (χ3v) is 3.71. The number of thiazole rings is 1. The van der Waals surface area contributed by atoms with E-state index in [1.807, 2.05) is 13.8 Å². The van der Waals surface area contributed by atoms with Crippen LogP contribution in [0.4, 0.5) is 0 Å². The third kappa shape index (κ3) is 3.54. The first-order valence-corrected chi connectivity index (χ1v) is 7.28. The number of esters is 1. The number of aromatic nitrogens is 1. The van der Waals surface area contributed by atoms with Crippen LogP contribution in [0.25, 0.3) is 10.2 Å². The molecule has 1 atom stereocenters. The van der Waals surface area contributed by atoms with Crippen molar-refractivity contribution in [2.45, 2.75) is 26.3 Å². The number of nitrogens with zero attached hydrogens (tertiary/aromatic N) is 1. The summed E-state index contributed by atoms with van der Waals surface area (Å²) < 4.78 is 5.91. The maximum atomic E-state index is 11.9. The van der Waals surface area contributed by atoms with E-state index < -0.39 is 5.97 Å². The minimum absolute atomic E-state index is 0.0785. The van der Waals surface area contributed by atoms with Crippen molar-refractivity contribution >= 4 is 33.4 Å². The van der Waals surface area contributed by atoms with Gasteiger partial charge in [0, 0.05) is 6.04 Å². The number of rotatable bonds is 5. The summed E-state index contributed by atoms with van der Waals surface area (Å²) in [7, 11) is 0. The molecule has 0 aliphatic carbocycles. The lowest BCUT2D eigenvalue weighted by atomic mass is 10.2. The summed E-state index contributed by atoms with van der Waals surface area (Å²) in [5, 5.41) is 2.74. The van der Waals surface area contributed by atoms with Crippen LogP contribution in [-0.4, -0.2) is 29.5 Å². The monoisotopic (exact) mass is 292 g/mol. The Bertz CT molecular complexity index is 624. The van der Waals surface area contributed by atoms with Gasteiger partial charge in [0.25, 0.3) is 5.91 Å². The Balaban J connectivity index is 1.92. The highest BCUT2D eigenvalue weighted by atomic mass is 32.1. The smallest absolute Gasteiger partial charge is 0.338 e. The average Bonchev–Trinajstić information content (AvgIpc) is 2.91. The summed E-state index contributed by atoms with van der Waals surface area (Å²) >= 11 is 1.46. The maximum absolute atomic E-state index is 11.9. The molecule has 0 unspecified atom stereocenters. The minimum Gasteiger partial charge on any atom is -0.452 e. The Kier molecular flexibility index (Phi) is 4.68. The van der Waals surface area contributed by atoms with E-state index in [9.17, 15) is 9.59 Å². The zero-order chi connectivity index (χ0) is 14.5. The molecule has 0 spiro atoms. The van der Waals surface area contributed by atoms with Crippen LogP contribution in [0.3, 0.4) is 0 Å². The van der Waals surface area contributed by atoms with Gasteiger partial charge in [-0.3, -0.25) is 4.79 Å². The first-order valence-electron chi connectivity index (χ1n) is 6.40. The predicted octanol–water partition coefficient (Wildman–Crippen LogP) is 2.37. The van der Waals surface area contributed by atoms with E-state index >= 15 is 0 Å². The highest BCUT2D eigenvalue weighted by Gasteiger charge is 2.12. The number of amides is 1. The van der Waals surface area contributed by atoms with Crippen molar-refractivity contribution in [1.82, 2.24) is 10.3 Å². The van der Waals surface area contributed by atoms with Crippen molar-refractivity contribution in [2.24, 2.45) is 0 Å². The highest BCUT2D eigenvalue weighted by molar-refractivity contribution is 7.16. The van der Waals surface area contributed by atoms with Gasteiger partial charge in [-0.05, 0) is 31.5 Å². The van der Waals surface area contributed by atoms with Gasteiger partial charge in [0.15, 0.2) is 6.61 Å². The molecule has 2 rings (SSSR count). The molecular formula is C14H16N2O3S. The second kappa shape index (κ2) is 6.47. The number of hydrogen-bond acceptors (Lipinski definition) is 5. The van der Waals surface area contributed by atoms with Gasteiger partial charge in [0.05, 0.1) is 21.3 Å². The van der Waals surface area contributed by atoms with Crippen LogP contribution in [-0.2, 0) is 9.53 Å². The number of ether oxygens (including phenoxy) is 1. The normalized spacial score (nSPS) is 12.1. The van der Waals surface area contributed by atoms with Gasteiger partial charge in [0.2, 0.25) is 0 Å². The molecule has 0 radical (unpaired) electrons. The zero-order valence-corrected chi connectivity index (χ0v) is 12.2. The van der Waals surface area contributed by atoms with Crippen molar-refractivity contribution < 1.29 is 14.3 Å². The summed E-state index contributed by atoms with van der Waals surface area (Å²) in [5.41, 5.74) is 3.00. The fourth-order valence-electron chi connectivity index (χ4n) is 1.62. The van der Waals surface area contributed by atoms with Crippen LogP contribution in [0.15, 0.2) is 23.7 Å². The van der Waals surface area contributed by atoms with Crippen LogP contribution in [0.1, 0.15) is 30.6 Å². The molecule has 6 heteroatoms. The molecule has 0 fully saturated rings. The molecule has 1 aromatic carbocycles. The molecule has 0 aliphatic rings. The summed E-state index contributed by atoms with van der Waals surface area (Å²) in [4.78, 5) is 27.5. The van der Waals surface area contributed by atoms with Crippen molar-refractivity contribution in [3.8, 4) is 0 Å². The van der Waals surface area contributed by atoms with Crippen LogP contribution in [0.2, 0.25) is 0 Å². The summed E-state index contributed by atoms with van der Waals surface area (Å²) in [5.74, 6) is -0.786. The Hall–Kier alpha value is -1.95. The van der Waals surface area contributed by atoms with Gasteiger partial charge in [-0.1, -0.05) is 6.92 Å². The molecule has 0 bridgehead atoms. The van der Waals surface area contributed by atoms with Gasteiger partial charge in [-0.2, -0.15) is 0 Å². The summed E-state index contributed by atoms with van der Waals surface area (Å²) in [6.45, 7) is 3.61. The van der Waals surface area contributed by atoms with Crippen LogP contribution in [0.5, 0.6) is 0 Å². The number of benzene rings is 1. The molecule has 0 saturated carbocycles. The lowest BCUT2D eigenvalue weighted by Crippen LogP contribution is -2.35. The van der Waals surface area contributed by atoms with E-state index in [1.165, 1.54) is 11.3 Å². The highest BCUT2D eigenvalue weighted by Crippen LogP contribution is 2.19. The minimum atomic E-state index is -0.500. The fraction of sp³-hybridized carbons (Fsp3) is 0.357. The molecule has 1 amide bonds. The molecule has 106 valence electrons. The van der Waals surface area contributed by atoms with E-state index in [0.29, 0.717) is 5.56 Å². The number of nitrogens with one attached hydrogen (secondary N) is 1. The van der Waals surface area contributed by atoms with Crippen LogP contribution in [0, 0.1) is 0 Å². The van der Waals surface area contributed by atoms with E-state index in [-0.39, 0.29) is 18.6 Å². The lowest BCUT2D eigenvalue weighted by molar-refractivity contribution is -0.124. The lowest BCUT2D eigenvalue weighted by Gasteiger charge is -2.11. The first-order chi connectivity index (χ1) is 9.60. The van der Waals surface area contributed by atoms with Crippen LogP contribution >= 0.6 is 11.3 Å². The van der Waals surface area contributed by atoms with Gasteiger partial charge >= 0.3 is 5.97 Å². The average molecular weight is 292 g/mol. The number of fused-ring (bicyclic) bond motifs is 1. The molecule has 0 saturated heterocycles. The number of carbonyl (C=O) groups excluding carboxylic acids is 2. The first kappa shape index (κ1) is 14.5. The second-order valence-electron chi connectivity index (χ2n) is 4.49.